The zero-order chi connectivity index (χ0) is 14.9. The molecule has 0 bridgehead atoms. The van der Waals surface area contributed by atoms with E-state index in [1.54, 1.807) is 36.4 Å². The van der Waals surface area contributed by atoms with Crippen LogP contribution in [0.15, 0.2) is 65.7 Å². The van der Waals surface area contributed by atoms with Crippen molar-refractivity contribution in [2.75, 3.05) is 0 Å². The van der Waals surface area contributed by atoms with Crippen LogP contribution in [0.2, 0.25) is 0 Å². The highest BCUT2D eigenvalue weighted by molar-refractivity contribution is 6.23. The Bertz CT molecular complexity index is 722. The molecule has 1 heterocycles. The second-order valence-corrected chi connectivity index (χ2v) is 4.94. The quantitative estimate of drug-likeness (QED) is 0.493. The molecule has 0 aliphatic carbocycles. The molecule has 0 aromatic heterocycles. The number of esters is 1. The minimum atomic E-state index is -1.52. The van der Waals surface area contributed by atoms with Gasteiger partial charge in [-0.05, 0) is 19.1 Å². The van der Waals surface area contributed by atoms with Crippen LogP contribution < -0.4 is 0 Å². The maximum absolute atomic E-state index is 12.5. The monoisotopic (exact) mass is 279 g/mol. The minimum Gasteiger partial charge on any atom is -0.405 e. The van der Waals surface area contributed by atoms with Crippen molar-refractivity contribution in [1.82, 2.24) is 0 Å². The van der Waals surface area contributed by atoms with E-state index < -0.39 is 11.5 Å². The van der Waals surface area contributed by atoms with Crippen LogP contribution in [-0.4, -0.2) is 23.2 Å². The molecule has 0 radical (unpaired) electrons. The zero-order valence-electron chi connectivity index (χ0n) is 11.4. The Labute approximate surface area is 122 Å². The van der Waals surface area contributed by atoms with Crippen LogP contribution >= 0.6 is 0 Å². The molecule has 2 aromatic rings. The molecule has 1 aliphatic heterocycles. The average Bonchev–Trinajstić information content (AvgIpc) is 2.85. The van der Waals surface area contributed by atoms with E-state index in [9.17, 15) is 9.59 Å². The number of cyclic esters (lactones) is 1. The lowest BCUT2D eigenvalue weighted by Gasteiger charge is -2.14. The second kappa shape index (κ2) is 4.98. The van der Waals surface area contributed by atoms with Gasteiger partial charge in [0.25, 0.3) is 0 Å². The van der Waals surface area contributed by atoms with Gasteiger partial charge in [0.1, 0.15) is 0 Å². The summed E-state index contributed by atoms with van der Waals surface area (Å²) in [6.07, 6.45) is 0. The summed E-state index contributed by atoms with van der Waals surface area (Å²) in [6, 6.07) is 17.7. The Kier molecular flexibility index (Phi) is 3.14. The van der Waals surface area contributed by atoms with Gasteiger partial charge in [-0.15, -0.1) is 0 Å². The summed E-state index contributed by atoms with van der Waals surface area (Å²) in [5.41, 5.74) is -0.405. The van der Waals surface area contributed by atoms with Crippen LogP contribution in [0.3, 0.4) is 0 Å². The Balaban J connectivity index is 1.99. The lowest BCUT2D eigenvalue weighted by Crippen LogP contribution is -2.39. The summed E-state index contributed by atoms with van der Waals surface area (Å²) < 4.78 is 5.20. The topological polar surface area (TPSA) is 55.7 Å². The first-order chi connectivity index (χ1) is 10.1. The first-order valence-corrected chi connectivity index (χ1v) is 6.59. The maximum atomic E-state index is 12.5. The van der Waals surface area contributed by atoms with Crippen LogP contribution in [-0.2, 0) is 9.53 Å². The summed E-state index contributed by atoms with van der Waals surface area (Å²) >= 11 is 0. The van der Waals surface area contributed by atoms with Gasteiger partial charge in [0.2, 0.25) is 17.2 Å². The number of carbonyl (C=O) groups excluding carboxylic acids is 2. The molecule has 4 nitrogen and oxygen atoms in total. The Morgan fingerprint density at radius 3 is 2.19 bits per heavy atom. The Morgan fingerprint density at radius 1 is 1.00 bits per heavy atom. The van der Waals surface area contributed by atoms with Gasteiger partial charge in [-0.2, -0.15) is 0 Å². The van der Waals surface area contributed by atoms with E-state index in [2.05, 4.69) is 4.99 Å². The van der Waals surface area contributed by atoms with Gasteiger partial charge in [0, 0.05) is 11.1 Å². The highest BCUT2D eigenvalue weighted by Crippen LogP contribution is 2.27. The predicted octanol–water partition coefficient (Wildman–Crippen LogP) is 2.63. The average molecular weight is 279 g/mol. The number of carbonyl (C=O) groups is 2. The van der Waals surface area contributed by atoms with E-state index in [1.165, 1.54) is 6.92 Å². The van der Waals surface area contributed by atoms with Crippen LogP contribution in [0.5, 0.6) is 0 Å². The molecule has 0 saturated heterocycles. The zero-order valence-corrected chi connectivity index (χ0v) is 11.4. The van der Waals surface area contributed by atoms with Gasteiger partial charge in [0.15, 0.2) is 0 Å². The normalized spacial score (nSPS) is 20.8. The number of hydrogen-bond acceptors (Lipinski definition) is 4. The summed E-state index contributed by atoms with van der Waals surface area (Å²) in [5, 5.41) is 0. The number of ether oxygens (including phenoxy) is 1. The van der Waals surface area contributed by atoms with Gasteiger partial charge < -0.3 is 4.74 Å². The molecular formula is C17H13NO3. The maximum Gasteiger partial charge on any atom is 0.348 e. The minimum absolute atomic E-state index is 0.187. The van der Waals surface area contributed by atoms with Crippen molar-refractivity contribution in [1.29, 1.82) is 0 Å². The molecule has 0 N–H and O–H groups in total. The number of nitrogens with zero attached hydrogens (tertiary/aromatic N) is 1. The van der Waals surface area contributed by atoms with Crippen molar-refractivity contribution < 1.29 is 14.3 Å². The largest absolute Gasteiger partial charge is 0.405 e. The Hall–Kier alpha value is -2.75. The molecule has 4 heteroatoms. The fourth-order valence-electron chi connectivity index (χ4n) is 2.18. The first kappa shape index (κ1) is 13.2. The number of aliphatic imine (C=N–C) groups is 1. The van der Waals surface area contributed by atoms with E-state index in [0.717, 1.165) is 0 Å². The highest BCUT2D eigenvalue weighted by atomic mass is 16.6. The van der Waals surface area contributed by atoms with Crippen LogP contribution in [0.1, 0.15) is 22.8 Å². The smallest absolute Gasteiger partial charge is 0.348 e. The molecule has 0 amide bonds. The molecule has 1 unspecified atom stereocenters. The van der Waals surface area contributed by atoms with Crippen molar-refractivity contribution in [3.8, 4) is 0 Å². The fourth-order valence-corrected chi connectivity index (χ4v) is 2.18. The third kappa shape index (κ3) is 2.25. The van der Waals surface area contributed by atoms with E-state index in [4.69, 9.17) is 4.74 Å². The number of ketones is 1. The van der Waals surface area contributed by atoms with E-state index in [-0.39, 0.29) is 11.7 Å². The van der Waals surface area contributed by atoms with Crippen LogP contribution in [0.4, 0.5) is 0 Å². The third-order valence-corrected chi connectivity index (χ3v) is 3.41. The molecule has 3 rings (SSSR count). The summed E-state index contributed by atoms with van der Waals surface area (Å²) in [5.74, 6) is -0.818. The molecular weight excluding hydrogens is 266 g/mol. The van der Waals surface area contributed by atoms with Crippen LogP contribution in [0, 0.1) is 0 Å². The van der Waals surface area contributed by atoms with E-state index >= 15 is 0 Å². The number of hydrogen-bond donors (Lipinski definition) is 0. The summed E-state index contributed by atoms with van der Waals surface area (Å²) in [4.78, 5) is 28.9. The summed E-state index contributed by atoms with van der Waals surface area (Å²) in [7, 11) is 0. The van der Waals surface area contributed by atoms with Crippen molar-refractivity contribution >= 4 is 17.7 Å². The molecule has 21 heavy (non-hydrogen) atoms. The lowest BCUT2D eigenvalue weighted by atomic mass is 9.92. The van der Waals surface area contributed by atoms with Crippen LogP contribution in [0.25, 0.3) is 0 Å². The number of benzene rings is 2. The van der Waals surface area contributed by atoms with Gasteiger partial charge in [-0.1, -0.05) is 48.5 Å². The van der Waals surface area contributed by atoms with Crippen molar-refractivity contribution in [3.63, 3.8) is 0 Å². The highest BCUT2D eigenvalue weighted by Gasteiger charge is 2.48. The number of rotatable bonds is 3. The van der Waals surface area contributed by atoms with Gasteiger partial charge in [-0.3, -0.25) is 4.79 Å². The van der Waals surface area contributed by atoms with Crippen molar-refractivity contribution in [2.24, 2.45) is 4.99 Å². The van der Waals surface area contributed by atoms with Crippen molar-refractivity contribution in [2.45, 2.75) is 12.5 Å². The van der Waals surface area contributed by atoms with Gasteiger partial charge in [0.05, 0.1) is 0 Å². The van der Waals surface area contributed by atoms with Gasteiger partial charge in [-0.25, -0.2) is 9.79 Å². The molecule has 2 aromatic carbocycles. The predicted molar refractivity (Wildman–Crippen MR) is 78.2 cm³/mol. The molecule has 0 spiro atoms. The Morgan fingerprint density at radius 2 is 1.57 bits per heavy atom. The fraction of sp³-hybridized carbons (Fsp3) is 0.118. The SMILES string of the molecule is CC1(C(=O)c2ccccc2)N=C(c2ccccc2)OC1=O. The molecule has 0 fully saturated rings. The van der Waals surface area contributed by atoms with Gasteiger partial charge >= 0.3 is 5.97 Å². The second-order valence-electron chi connectivity index (χ2n) is 4.94. The summed E-state index contributed by atoms with van der Waals surface area (Å²) in [6.45, 7) is 1.49. The molecule has 1 atom stereocenters. The van der Waals surface area contributed by atoms with E-state index in [1.807, 2.05) is 24.3 Å². The molecule has 0 saturated carbocycles. The molecule has 104 valence electrons. The standard InChI is InChI=1S/C17H13NO3/c1-17(14(19)12-8-4-2-5-9-12)16(20)21-15(18-17)13-10-6-3-7-11-13/h2-11H,1H3. The first-order valence-electron chi connectivity index (χ1n) is 6.59. The molecule has 1 aliphatic rings. The number of Topliss-reactive ketones (excluding diaryl/α,β-unsaturated/α-hetero) is 1. The third-order valence-electron chi connectivity index (χ3n) is 3.41. The van der Waals surface area contributed by atoms with E-state index in [0.29, 0.717) is 11.1 Å². The lowest BCUT2D eigenvalue weighted by molar-refractivity contribution is -0.136. The van der Waals surface area contributed by atoms with Crippen molar-refractivity contribution in [3.05, 3.63) is 71.8 Å².